The summed E-state index contributed by atoms with van der Waals surface area (Å²) in [6, 6.07) is 7.33. The maximum atomic E-state index is 12.5. The number of carbonyl (C=O) groups is 1. The minimum atomic E-state index is -4.10. The monoisotopic (exact) mass is 415 g/mol. The molecule has 0 spiro atoms. The Hall–Kier alpha value is -2.67. The van der Waals surface area contributed by atoms with Gasteiger partial charge in [0.2, 0.25) is 20.0 Å². The van der Waals surface area contributed by atoms with Gasteiger partial charge in [-0.2, -0.15) is 0 Å². The standard InChI is InChI=1S/C15H17N3O7S2/c1-24-12-6-4-10(26(16,20)21)8-11(12)15(19)18-9-3-5-13(25-2)14(7-9)27(17,22)23/h3-8H,1-2H3,(H,18,19)(H2,16,20,21)(H2,17,22,23). The van der Waals surface area contributed by atoms with Crippen molar-refractivity contribution in [1.82, 2.24) is 0 Å². The average molecular weight is 415 g/mol. The summed E-state index contributed by atoms with van der Waals surface area (Å²) in [5, 5.41) is 12.7. The molecule has 10 nitrogen and oxygen atoms in total. The van der Waals surface area contributed by atoms with Crippen LogP contribution in [0.15, 0.2) is 46.2 Å². The third-order valence-corrected chi connectivity index (χ3v) is 5.32. The molecule has 0 saturated heterocycles. The van der Waals surface area contributed by atoms with Gasteiger partial charge in [-0.15, -0.1) is 0 Å². The molecule has 0 aliphatic rings. The Morgan fingerprint density at radius 1 is 0.889 bits per heavy atom. The van der Waals surface area contributed by atoms with Crippen molar-refractivity contribution in [3.63, 3.8) is 0 Å². The number of amides is 1. The molecule has 2 aromatic carbocycles. The maximum Gasteiger partial charge on any atom is 0.259 e. The molecule has 1 amide bonds. The molecule has 0 atom stereocenters. The molecule has 27 heavy (non-hydrogen) atoms. The van der Waals surface area contributed by atoms with E-state index in [2.05, 4.69) is 5.32 Å². The molecule has 2 aromatic rings. The lowest BCUT2D eigenvalue weighted by atomic mass is 10.2. The minimum Gasteiger partial charge on any atom is -0.496 e. The van der Waals surface area contributed by atoms with E-state index in [0.29, 0.717) is 0 Å². The molecular weight excluding hydrogens is 398 g/mol. The van der Waals surface area contributed by atoms with Crippen molar-refractivity contribution in [2.45, 2.75) is 9.79 Å². The summed E-state index contributed by atoms with van der Waals surface area (Å²) in [6.45, 7) is 0. The summed E-state index contributed by atoms with van der Waals surface area (Å²) < 4.78 is 56.3. The van der Waals surface area contributed by atoms with Crippen molar-refractivity contribution in [3.8, 4) is 11.5 Å². The van der Waals surface area contributed by atoms with E-state index in [0.717, 1.165) is 12.1 Å². The number of primary sulfonamides is 2. The van der Waals surface area contributed by atoms with Gasteiger partial charge in [0.05, 0.1) is 24.7 Å². The minimum absolute atomic E-state index is 0.00398. The molecule has 0 unspecified atom stereocenters. The lowest BCUT2D eigenvalue weighted by molar-refractivity contribution is 0.102. The van der Waals surface area contributed by atoms with E-state index in [1.54, 1.807) is 0 Å². The summed E-state index contributed by atoms with van der Waals surface area (Å²) in [4.78, 5) is 11.9. The van der Waals surface area contributed by atoms with E-state index in [1.165, 1.54) is 38.5 Å². The van der Waals surface area contributed by atoms with Crippen LogP contribution in [0.5, 0.6) is 11.5 Å². The second-order valence-corrected chi connectivity index (χ2v) is 8.36. The Bertz CT molecular complexity index is 1100. The van der Waals surface area contributed by atoms with Crippen molar-refractivity contribution in [3.05, 3.63) is 42.0 Å². The first-order valence-corrected chi connectivity index (χ1v) is 10.3. The fourth-order valence-corrected chi connectivity index (χ4v) is 3.48. The van der Waals surface area contributed by atoms with Crippen LogP contribution < -0.4 is 25.1 Å². The van der Waals surface area contributed by atoms with Crippen LogP contribution in [-0.2, 0) is 20.0 Å². The van der Waals surface area contributed by atoms with Crippen LogP contribution in [0.4, 0.5) is 5.69 Å². The second kappa shape index (κ2) is 7.52. The van der Waals surface area contributed by atoms with Crippen LogP contribution in [0.3, 0.4) is 0 Å². The van der Waals surface area contributed by atoms with E-state index in [4.69, 9.17) is 19.8 Å². The molecule has 0 aliphatic heterocycles. The van der Waals surface area contributed by atoms with E-state index in [-0.39, 0.29) is 32.5 Å². The summed E-state index contributed by atoms with van der Waals surface area (Å²) >= 11 is 0. The number of carbonyl (C=O) groups excluding carboxylic acids is 1. The number of sulfonamides is 2. The quantitative estimate of drug-likeness (QED) is 0.607. The first-order valence-electron chi connectivity index (χ1n) is 7.20. The van der Waals surface area contributed by atoms with E-state index in [1.807, 2.05) is 0 Å². The van der Waals surface area contributed by atoms with Crippen molar-refractivity contribution < 1.29 is 31.1 Å². The van der Waals surface area contributed by atoms with Gasteiger partial charge in [-0.05, 0) is 36.4 Å². The van der Waals surface area contributed by atoms with Crippen molar-refractivity contribution >= 4 is 31.6 Å². The third-order valence-electron chi connectivity index (χ3n) is 3.47. The van der Waals surface area contributed by atoms with Gasteiger partial charge in [0.15, 0.2) is 0 Å². The zero-order valence-electron chi connectivity index (χ0n) is 14.3. The number of nitrogens with two attached hydrogens (primary N) is 2. The first kappa shape index (κ1) is 20.6. The smallest absolute Gasteiger partial charge is 0.259 e. The molecule has 0 aliphatic carbocycles. The average Bonchev–Trinajstić information content (AvgIpc) is 2.59. The summed E-state index contributed by atoms with van der Waals surface area (Å²) in [6.07, 6.45) is 0. The highest BCUT2D eigenvalue weighted by atomic mass is 32.2. The number of hydrogen-bond donors (Lipinski definition) is 3. The molecule has 0 saturated carbocycles. The van der Waals surface area contributed by atoms with Crippen LogP contribution in [0.2, 0.25) is 0 Å². The first-order chi connectivity index (χ1) is 12.5. The zero-order chi connectivity index (χ0) is 20.4. The van der Waals surface area contributed by atoms with Crippen molar-refractivity contribution in [2.24, 2.45) is 10.3 Å². The Morgan fingerprint density at radius 3 is 2.00 bits per heavy atom. The fourth-order valence-electron chi connectivity index (χ4n) is 2.22. The number of benzene rings is 2. The Morgan fingerprint density at radius 2 is 1.48 bits per heavy atom. The van der Waals surface area contributed by atoms with Gasteiger partial charge in [-0.25, -0.2) is 27.1 Å². The molecule has 0 fully saturated rings. The molecule has 0 bridgehead atoms. The van der Waals surface area contributed by atoms with Crippen molar-refractivity contribution in [2.75, 3.05) is 19.5 Å². The van der Waals surface area contributed by atoms with Gasteiger partial charge in [0.1, 0.15) is 16.4 Å². The highest BCUT2D eigenvalue weighted by Gasteiger charge is 2.20. The second-order valence-electron chi connectivity index (χ2n) is 5.27. The van der Waals surface area contributed by atoms with Gasteiger partial charge in [0, 0.05) is 5.69 Å². The van der Waals surface area contributed by atoms with Gasteiger partial charge < -0.3 is 14.8 Å². The third kappa shape index (κ3) is 4.74. The molecule has 5 N–H and O–H groups in total. The number of nitrogens with one attached hydrogen (secondary N) is 1. The molecule has 0 radical (unpaired) electrons. The predicted molar refractivity (Wildman–Crippen MR) is 96.7 cm³/mol. The Labute approximate surface area is 156 Å². The lowest BCUT2D eigenvalue weighted by Crippen LogP contribution is -2.18. The SMILES string of the molecule is COc1ccc(S(N)(=O)=O)cc1C(=O)Nc1ccc(OC)c(S(N)(=O)=O)c1. The number of ether oxygens (including phenoxy) is 2. The Kier molecular flexibility index (Phi) is 5.75. The molecule has 0 heterocycles. The van der Waals surface area contributed by atoms with Crippen LogP contribution in [-0.4, -0.2) is 37.0 Å². The lowest BCUT2D eigenvalue weighted by Gasteiger charge is -2.12. The number of hydrogen-bond acceptors (Lipinski definition) is 7. The predicted octanol–water partition coefficient (Wildman–Crippen LogP) is 0.251. The molecule has 2 rings (SSSR count). The summed E-state index contributed by atoms with van der Waals surface area (Å²) in [7, 11) is -5.57. The van der Waals surface area contributed by atoms with Crippen molar-refractivity contribution in [1.29, 1.82) is 0 Å². The van der Waals surface area contributed by atoms with Gasteiger partial charge in [-0.1, -0.05) is 0 Å². The van der Waals surface area contributed by atoms with Gasteiger partial charge in [0.25, 0.3) is 5.91 Å². The fraction of sp³-hybridized carbons (Fsp3) is 0.133. The normalized spacial score (nSPS) is 11.7. The van der Waals surface area contributed by atoms with Crippen LogP contribution >= 0.6 is 0 Å². The van der Waals surface area contributed by atoms with E-state index in [9.17, 15) is 21.6 Å². The van der Waals surface area contributed by atoms with Gasteiger partial charge in [-0.3, -0.25) is 4.79 Å². The van der Waals surface area contributed by atoms with Crippen LogP contribution in [0.25, 0.3) is 0 Å². The Balaban J connectivity index is 2.46. The van der Waals surface area contributed by atoms with E-state index < -0.39 is 26.0 Å². The molecular formula is C15H17N3O7S2. The largest absolute Gasteiger partial charge is 0.496 e. The molecule has 146 valence electrons. The number of rotatable bonds is 6. The number of methoxy groups -OCH3 is 2. The summed E-state index contributed by atoms with van der Waals surface area (Å²) in [5.41, 5.74) is -0.0233. The highest BCUT2D eigenvalue weighted by molar-refractivity contribution is 7.89. The topological polar surface area (TPSA) is 168 Å². The molecule has 0 aromatic heterocycles. The van der Waals surface area contributed by atoms with Gasteiger partial charge >= 0.3 is 0 Å². The molecule has 12 heteroatoms. The number of anilines is 1. The van der Waals surface area contributed by atoms with E-state index >= 15 is 0 Å². The zero-order valence-corrected chi connectivity index (χ0v) is 15.9. The summed E-state index contributed by atoms with van der Waals surface area (Å²) in [5.74, 6) is -0.646. The van der Waals surface area contributed by atoms with Crippen LogP contribution in [0.1, 0.15) is 10.4 Å². The maximum absolute atomic E-state index is 12.5. The van der Waals surface area contributed by atoms with Crippen LogP contribution in [0, 0.1) is 0 Å². The highest BCUT2D eigenvalue weighted by Crippen LogP contribution is 2.28.